The number of halogens is 2. The first kappa shape index (κ1) is 31.3. The molecule has 4 amide bonds. The van der Waals surface area contributed by atoms with Crippen LogP contribution in [0, 0.1) is 5.82 Å². The minimum atomic E-state index is -1.15. The molecule has 42 heavy (non-hydrogen) atoms. The summed E-state index contributed by atoms with van der Waals surface area (Å²) in [5.74, 6) is -1.69. The third kappa shape index (κ3) is 7.47. The van der Waals surface area contributed by atoms with E-state index < -0.39 is 17.9 Å². The van der Waals surface area contributed by atoms with Crippen LogP contribution in [0.2, 0.25) is 0 Å². The standard InChI is InChI=1S/C17H13N5O5.C9H12FN3O.ClH/c23-12-6-27-11-2-1-8(3-10(11)22-12)4-19-16(24)15-14-13(20-7-21-15)9(5-18-14)17(25)26;10-8-2-1-6(4-11)3-7(8)5-13-9(12)14;/h1-3,5,7,18H,4,6H2,(H,19,24)(H,22,23)(H,25,26);1-3H,4-5,11H2,(H3,12,13,14);1H. The second kappa shape index (κ2) is 13.9. The maximum Gasteiger partial charge on any atom is 0.339 e. The highest BCUT2D eigenvalue weighted by atomic mass is 35.5. The Labute approximate surface area is 243 Å². The van der Waals surface area contributed by atoms with Crippen molar-refractivity contribution in [2.45, 2.75) is 19.6 Å². The quantitative estimate of drug-likeness (QED) is 0.164. The van der Waals surface area contributed by atoms with Crippen molar-refractivity contribution in [2.75, 3.05) is 11.9 Å². The number of nitrogens with two attached hydrogens (primary N) is 2. The summed E-state index contributed by atoms with van der Waals surface area (Å²) in [6.07, 6.45) is 2.41. The van der Waals surface area contributed by atoms with Crippen LogP contribution in [0.25, 0.3) is 11.0 Å². The van der Waals surface area contributed by atoms with E-state index in [1.165, 1.54) is 12.3 Å². The van der Waals surface area contributed by atoms with E-state index in [9.17, 15) is 23.6 Å². The molecule has 0 aliphatic carbocycles. The summed E-state index contributed by atoms with van der Waals surface area (Å²) in [5, 5.41) is 16.9. The summed E-state index contributed by atoms with van der Waals surface area (Å²) in [6, 6.07) is 9.03. The highest BCUT2D eigenvalue weighted by Gasteiger charge is 2.20. The fourth-order valence-corrected chi connectivity index (χ4v) is 3.85. The topological polar surface area (TPSA) is 227 Å². The molecule has 0 radical (unpaired) electrons. The van der Waals surface area contributed by atoms with Crippen molar-refractivity contribution in [3.05, 3.63) is 82.7 Å². The summed E-state index contributed by atoms with van der Waals surface area (Å²) < 4.78 is 18.4. The molecule has 2 aromatic carbocycles. The molecule has 2 aromatic heterocycles. The molecular formula is C26H26ClFN8O6. The molecule has 4 aromatic rings. The van der Waals surface area contributed by atoms with E-state index in [4.69, 9.17) is 21.3 Å². The van der Waals surface area contributed by atoms with E-state index in [-0.39, 0.29) is 66.1 Å². The number of carbonyl (C=O) groups excluding carboxylic acids is 3. The number of aromatic carboxylic acids is 1. The number of carboxylic acid groups (broad SMARTS) is 1. The van der Waals surface area contributed by atoms with Crippen molar-refractivity contribution < 1.29 is 33.4 Å². The lowest BCUT2D eigenvalue weighted by Crippen LogP contribution is -2.29. The van der Waals surface area contributed by atoms with E-state index in [0.717, 1.165) is 17.5 Å². The lowest BCUT2D eigenvalue weighted by molar-refractivity contribution is -0.118. The molecule has 0 unspecified atom stereocenters. The first-order valence-electron chi connectivity index (χ1n) is 12.1. The molecule has 0 saturated carbocycles. The number of benzene rings is 2. The molecule has 0 spiro atoms. The Balaban J connectivity index is 0.000000275. The number of ether oxygens (including phenoxy) is 1. The number of anilines is 1. The van der Waals surface area contributed by atoms with Crippen LogP contribution in [0.1, 0.15) is 37.5 Å². The average Bonchev–Trinajstić information content (AvgIpc) is 3.40. The summed E-state index contributed by atoms with van der Waals surface area (Å²) >= 11 is 0. The highest BCUT2D eigenvalue weighted by Crippen LogP contribution is 2.28. The zero-order valence-corrected chi connectivity index (χ0v) is 22.6. The Morgan fingerprint density at radius 3 is 2.55 bits per heavy atom. The van der Waals surface area contributed by atoms with Gasteiger partial charge in [0, 0.05) is 31.4 Å². The van der Waals surface area contributed by atoms with Crippen molar-refractivity contribution in [3.63, 3.8) is 0 Å². The number of hydrogen-bond donors (Lipinski definition) is 7. The molecule has 5 rings (SSSR count). The fraction of sp³-hybridized carbons (Fsp3) is 0.154. The third-order valence-electron chi connectivity index (χ3n) is 5.84. The second-order valence-electron chi connectivity index (χ2n) is 8.65. The van der Waals surface area contributed by atoms with Gasteiger partial charge in [0.2, 0.25) is 0 Å². The van der Waals surface area contributed by atoms with E-state index in [1.54, 1.807) is 30.3 Å². The summed E-state index contributed by atoms with van der Waals surface area (Å²) in [6.45, 7) is 0.570. The van der Waals surface area contributed by atoms with Crippen LogP contribution in [-0.2, 0) is 24.4 Å². The Morgan fingerprint density at radius 1 is 1.07 bits per heavy atom. The zero-order valence-electron chi connectivity index (χ0n) is 21.8. The average molecular weight is 601 g/mol. The number of urea groups is 1. The molecular weight excluding hydrogens is 575 g/mol. The van der Waals surface area contributed by atoms with Gasteiger partial charge < -0.3 is 42.2 Å². The van der Waals surface area contributed by atoms with Crippen LogP contribution >= 0.6 is 12.4 Å². The lowest BCUT2D eigenvalue weighted by Gasteiger charge is -2.18. The monoisotopic (exact) mass is 600 g/mol. The number of rotatable bonds is 7. The van der Waals surface area contributed by atoms with E-state index in [1.807, 2.05) is 0 Å². The van der Waals surface area contributed by atoms with Gasteiger partial charge in [0.25, 0.3) is 11.8 Å². The number of aromatic nitrogens is 3. The van der Waals surface area contributed by atoms with Crippen LogP contribution in [0.4, 0.5) is 14.9 Å². The van der Waals surface area contributed by atoms with Crippen molar-refractivity contribution in [1.29, 1.82) is 0 Å². The summed E-state index contributed by atoms with van der Waals surface area (Å²) in [4.78, 5) is 56.1. The van der Waals surface area contributed by atoms with Crippen LogP contribution in [0.3, 0.4) is 0 Å². The van der Waals surface area contributed by atoms with Crippen LogP contribution in [-0.4, -0.2) is 50.5 Å². The maximum absolute atomic E-state index is 13.1. The normalized spacial score (nSPS) is 11.5. The van der Waals surface area contributed by atoms with Gasteiger partial charge >= 0.3 is 12.0 Å². The summed E-state index contributed by atoms with van der Waals surface area (Å²) in [7, 11) is 0. The Kier molecular flexibility index (Phi) is 10.3. The molecule has 0 fully saturated rings. The van der Waals surface area contributed by atoms with E-state index >= 15 is 0 Å². The van der Waals surface area contributed by atoms with Crippen LogP contribution in [0.15, 0.2) is 48.9 Å². The Hall–Kier alpha value is -5.28. The van der Waals surface area contributed by atoms with Gasteiger partial charge in [-0.25, -0.2) is 23.9 Å². The van der Waals surface area contributed by atoms with Crippen molar-refractivity contribution in [3.8, 4) is 5.75 Å². The van der Waals surface area contributed by atoms with Gasteiger partial charge in [0.05, 0.1) is 11.2 Å². The molecule has 14 nitrogen and oxygen atoms in total. The number of hydrogen-bond acceptors (Lipinski definition) is 8. The van der Waals surface area contributed by atoms with Crippen molar-refractivity contribution in [1.82, 2.24) is 25.6 Å². The van der Waals surface area contributed by atoms with Crippen LogP contribution in [0.5, 0.6) is 5.75 Å². The molecule has 0 saturated heterocycles. The fourth-order valence-electron chi connectivity index (χ4n) is 3.85. The number of nitrogens with one attached hydrogen (secondary N) is 4. The van der Waals surface area contributed by atoms with Gasteiger partial charge in [-0.3, -0.25) is 9.59 Å². The van der Waals surface area contributed by atoms with Gasteiger partial charge in [-0.05, 0) is 35.4 Å². The Bertz CT molecular complexity index is 1650. The minimum Gasteiger partial charge on any atom is -0.482 e. The zero-order chi connectivity index (χ0) is 29.5. The SMILES string of the molecule is Cl.NCc1ccc(F)c(CNC(N)=O)c1.O=C1COc2ccc(CNC(=O)c3ncnc4c(C(=O)O)c[nH]c34)cc2N1. The van der Waals surface area contributed by atoms with Gasteiger partial charge in [0.1, 0.15) is 29.0 Å². The van der Waals surface area contributed by atoms with Crippen molar-refractivity contribution >= 4 is 52.9 Å². The van der Waals surface area contributed by atoms with Crippen molar-refractivity contribution in [2.24, 2.45) is 11.5 Å². The Morgan fingerprint density at radius 2 is 1.83 bits per heavy atom. The van der Waals surface area contributed by atoms with Crippen LogP contribution < -0.4 is 32.2 Å². The third-order valence-corrected chi connectivity index (χ3v) is 5.84. The number of carbonyl (C=O) groups is 4. The number of aromatic amines is 1. The maximum atomic E-state index is 13.1. The second-order valence-corrected chi connectivity index (χ2v) is 8.65. The predicted octanol–water partition coefficient (Wildman–Crippen LogP) is 1.79. The molecule has 1 aliphatic heterocycles. The number of fused-ring (bicyclic) bond motifs is 2. The number of primary amides is 1. The molecule has 16 heteroatoms. The van der Waals surface area contributed by atoms with Gasteiger partial charge in [0.15, 0.2) is 12.3 Å². The predicted molar refractivity (Wildman–Crippen MR) is 151 cm³/mol. The van der Waals surface area contributed by atoms with Gasteiger partial charge in [-0.2, -0.15) is 0 Å². The lowest BCUT2D eigenvalue weighted by atomic mass is 10.1. The molecule has 220 valence electrons. The minimum absolute atomic E-state index is 0. The van der Waals surface area contributed by atoms with E-state index in [0.29, 0.717) is 23.5 Å². The van der Waals surface area contributed by atoms with E-state index in [2.05, 4.69) is 30.9 Å². The number of amides is 4. The largest absolute Gasteiger partial charge is 0.482 e. The first-order valence-corrected chi connectivity index (χ1v) is 12.1. The smallest absolute Gasteiger partial charge is 0.339 e. The summed E-state index contributed by atoms with van der Waals surface area (Å²) in [5.41, 5.74) is 13.2. The van der Waals surface area contributed by atoms with Gasteiger partial charge in [-0.1, -0.05) is 12.1 Å². The molecule has 0 atom stereocenters. The number of carboxylic acids is 1. The highest BCUT2D eigenvalue weighted by molar-refractivity contribution is 6.08. The number of H-pyrrole nitrogens is 1. The molecule has 9 N–H and O–H groups in total. The number of nitrogens with zero attached hydrogens (tertiary/aromatic N) is 2. The molecule has 0 bridgehead atoms. The molecule has 3 heterocycles. The first-order chi connectivity index (χ1) is 19.7. The molecule has 1 aliphatic rings. The van der Waals surface area contributed by atoms with Gasteiger partial charge in [-0.15, -0.1) is 12.4 Å².